The SMILES string of the molecule is C[C@@H](NC(=O)[C@@H]1CC2(CN1C(=O)CNC(=O)c1ccc3c(c1)-c1ccccc1C3(F)F)OCCO2)c1cc(C(=N)N)cs1. The highest BCUT2D eigenvalue weighted by atomic mass is 32.1. The predicted molar refractivity (Wildman–Crippen MR) is 154 cm³/mol. The molecule has 3 amide bonds. The van der Waals surface area contributed by atoms with Crippen LogP contribution in [-0.2, 0) is 25.0 Å². The maximum absolute atomic E-state index is 14.9. The van der Waals surface area contributed by atoms with Crippen molar-refractivity contribution >= 4 is 34.9 Å². The fourth-order valence-electron chi connectivity index (χ4n) is 5.82. The van der Waals surface area contributed by atoms with Crippen LogP contribution in [0, 0.1) is 5.41 Å². The molecule has 3 heterocycles. The predicted octanol–water partition coefficient (Wildman–Crippen LogP) is 3.10. The molecule has 1 aromatic heterocycles. The van der Waals surface area contributed by atoms with Crippen LogP contribution < -0.4 is 16.4 Å². The van der Waals surface area contributed by atoms with Gasteiger partial charge in [-0.2, -0.15) is 8.78 Å². The molecule has 2 aliphatic heterocycles. The number of thiophene rings is 1. The van der Waals surface area contributed by atoms with Gasteiger partial charge in [-0.25, -0.2) is 0 Å². The topological polar surface area (TPSA) is 147 Å². The molecule has 2 aromatic carbocycles. The minimum absolute atomic E-state index is 0.00632. The number of carbonyl (C=O) groups excluding carboxylic acids is 3. The van der Waals surface area contributed by atoms with Gasteiger partial charge in [-0.15, -0.1) is 11.3 Å². The van der Waals surface area contributed by atoms with Crippen molar-refractivity contribution in [2.75, 3.05) is 26.3 Å². The Morgan fingerprint density at radius 3 is 2.53 bits per heavy atom. The Bertz CT molecular complexity index is 1640. The van der Waals surface area contributed by atoms with Crippen LogP contribution in [-0.4, -0.2) is 66.6 Å². The van der Waals surface area contributed by atoms with Gasteiger partial charge < -0.3 is 30.7 Å². The quantitative estimate of drug-likeness (QED) is 0.239. The molecule has 3 aliphatic rings. The molecule has 2 fully saturated rings. The van der Waals surface area contributed by atoms with Gasteiger partial charge in [0.05, 0.1) is 32.3 Å². The smallest absolute Gasteiger partial charge is 0.299 e. The highest BCUT2D eigenvalue weighted by Gasteiger charge is 2.52. The number of benzene rings is 2. The van der Waals surface area contributed by atoms with Gasteiger partial charge in [0.15, 0.2) is 5.79 Å². The molecule has 43 heavy (non-hydrogen) atoms. The Balaban J connectivity index is 1.15. The Labute approximate surface area is 249 Å². The number of alkyl halides is 2. The van der Waals surface area contributed by atoms with Crippen LogP contribution in [0.4, 0.5) is 8.78 Å². The van der Waals surface area contributed by atoms with Crippen molar-refractivity contribution in [2.45, 2.75) is 37.1 Å². The van der Waals surface area contributed by atoms with E-state index < -0.39 is 48.1 Å². The number of ether oxygens (including phenoxy) is 2. The third-order valence-corrected chi connectivity index (χ3v) is 9.14. The summed E-state index contributed by atoms with van der Waals surface area (Å²) in [5.41, 5.74) is 6.57. The van der Waals surface area contributed by atoms with Crippen molar-refractivity contribution in [3.63, 3.8) is 0 Å². The third kappa shape index (κ3) is 5.17. The summed E-state index contributed by atoms with van der Waals surface area (Å²) in [7, 11) is 0. The van der Waals surface area contributed by atoms with Gasteiger partial charge >= 0.3 is 0 Å². The Hall–Kier alpha value is -4.20. The number of fused-ring (bicyclic) bond motifs is 3. The van der Waals surface area contributed by atoms with E-state index in [1.807, 2.05) is 0 Å². The van der Waals surface area contributed by atoms with Gasteiger partial charge in [0.1, 0.15) is 11.9 Å². The molecule has 5 N–H and O–H groups in total. The van der Waals surface area contributed by atoms with E-state index in [1.54, 1.807) is 36.6 Å². The first-order valence-corrected chi connectivity index (χ1v) is 14.6. The van der Waals surface area contributed by atoms with E-state index in [2.05, 4.69) is 10.6 Å². The number of nitrogens with one attached hydrogen (secondary N) is 3. The summed E-state index contributed by atoms with van der Waals surface area (Å²) in [6.45, 7) is 2.02. The molecule has 2 saturated heterocycles. The van der Waals surface area contributed by atoms with E-state index >= 15 is 0 Å². The minimum Gasteiger partial charge on any atom is -0.384 e. The van der Waals surface area contributed by atoms with Crippen molar-refractivity contribution < 1.29 is 32.6 Å². The van der Waals surface area contributed by atoms with Crippen LogP contribution in [0.25, 0.3) is 11.1 Å². The number of nitrogen functional groups attached to an aromatic ring is 1. The molecule has 1 aliphatic carbocycles. The molecule has 0 bridgehead atoms. The summed E-state index contributed by atoms with van der Waals surface area (Å²) in [6, 6.07) is 10.5. The number of nitrogens with two attached hydrogens (primary N) is 1. The zero-order valence-electron chi connectivity index (χ0n) is 23.1. The molecule has 10 nitrogen and oxygen atoms in total. The minimum atomic E-state index is -3.17. The number of nitrogens with zero attached hydrogens (tertiary/aromatic N) is 1. The first kappa shape index (κ1) is 28.9. The number of halogens is 2. The first-order valence-electron chi connectivity index (χ1n) is 13.7. The monoisotopic (exact) mass is 609 g/mol. The fourth-order valence-corrected chi connectivity index (χ4v) is 6.74. The van der Waals surface area contributed by atoms with Crippen LogP contribution in [0.15, 0.2) is 53.9 Å². The third-order valence-electron chi connectivity index (χ3n) is 8.02. The van der Waals surface area contributed by atoms with Crippen molar-refractivity contribution in [3.05, 3.63) is 81.0 Å². The van der Waals surface area contributed by atoms with Gasteiger partial charge in [-0.1, -0.05) is 30.3 Å². The molecule has 0 radical (unpaired) electrons. The lowest BCUT2D eigenvalue weighted by Gasteiger charge is -2.25. The van der Waals surface area contributed by atoms with Gasteiger partial charge in [0, 0.05) is 38.9 Å². The molecule has 0 saturated carbocycles. The van der Waals surface area contributed by atoms with Crippen LogP contribution >= 0.6 is 11.3 Å². The zero-order chi connectivity index (χ0) is 30.5. The van der Waals surface area contributed by atoms with Gasteiger partial charge in [0.2, 0.25) is 11.8 Å². The van der Waals surface area contributed by atoms with Crippen molar-refractivity contribution in [1.29, 1.82) is 5.41 Å². The lowest BCUT2D eigenvalue weighted by atomic mass is 10.0. The summed E-state index contributed by atoms with van der Waals surface area (Å²) in [5.74, 6) is -5.91. The number of likely N-dealkylation sites (tertiary alicyclic amines) is 1. The van der Waals surface area contributed by atoms with Crippen LogP contribution in [0.5, 0.6) is 0 Å². The van der Waals surface area contributed by atoms with Crippen molar-refractivity contribution in [1.82, 2.24) is 15.5 Å². The summed E-state index contributed by atoms with van der Waals surface area (Å²) >= 11 is 1.35. The zero-order valence-corrected chi connectivity index (χ0v) is 23.9. The summed E-state index contributed by atoms with van der Waals surface area (Å²) < 4.78 is 41.4. The molecule has 2 atom stereocenters. The molecule has 3 aromatic rings. The molecular formula is C30H29F2N5O5S. The number of hydrogen-bond donors (Lipinski definition) is 4. The average Bonchev–Trinajstić information content (AvgIpc) is 3.78. The first-order chi connectivity index (χ1) is 20.5. The number of carbonyl (C=O) groups is 3. The van der Waals surface area contributed by atoms with E-state index in [9.17, 15) is 23.2 Å². The number of hydrogen-bond acceptors (Lipinski definition) is 7. The number of amidine groups is 1. The Morgan fingerprint density at radius 2 is 1.81 bits per heavy atom. The van der Waals surface area contributed by atoms with Crippen LogP contribution in [0.3, 0.4) is 0 Å². The normalized spacial score (nSPS) is 20.0. The number of amides is 3. The summed E-state index contributed by atoms with van der Waals surface area (Å²) in [4.78, 5) is 42.0. The second-order valence-corrected chi connectivity index (χ2v) is 11.7. The van der Waals surface area contributed by atoms with E-state index in [0.29, 0.717) is 24.3 Å². The maximum atomic E-state index is 14.9. The molecule has 224 valence electrons. The summed E-state index contributed by atoms with van der Waals surface area (Å²) in [5, 5.41) is 14.8. The highest BCUT2D eigenvalue weighted by Crippen LogP contribution is 2.51. The average molecular weight is 610 g/mol. The van der Waals surface area contributed by atoms with E-state index in [0.717, 1.165) is 4.88 Å². The largest absolute Gasteiger partial charge is 0.384 e. The molecule has 0 unspecified atom stereocenters. The van der Waals surface area contributed by atoms with Gasteiger partial charge in [-0.05, 0) is 36.2 Å². The maximum Gasteiger partial charge on any atom is 0.299 e. The fraction of sp³-hybridized carbons (Fsp3) is 0.333. The van der Waals surface area contributed by atoms with E-state index in [4.69, 9.17) is 20.6 Å². The van der Waals surface area contributed by atoms with Gasteiger partial charge in [0.25, 0.3) is 11.8 Å². The second kappa shape index (κ2) is 10.8. The summed E-state index contributed by atoms with van der Waals surface area (Å²) in [6.07, 6.45) is 0.118. The van der Waals surface area contributed by atoms with Crippen molar-refractivity contribution in [2.24, 2.45) is 5.73 Å². The van der Waals surface area contributed by atoms with Crippen molar-refractivity contribution in [3.8, 4) is 11.1 Å². The van der Waals surface area contributed by atoms with E-state index in [-0.39, 0.29) is 41.1 Å². The number of rotatable bonds is 7. The van der Waals surface area contributed by atoms with E-state index in [1.165, 1.54) is 40.5 Å². The van der Waals surface area contributed by atoms with Crippen LogP contribution in [0.2, 0.25) is 0 Å². The lowest BCUT2D eigenvalue weighted by molar-refractivity contribution is -0.152. The molecular weight excluding hydrogens is 580 g/mol. The second-order valence-electron chi connectivity index (χ2n) is 10.8. The van der Waals surface area contributed by atoms with Crippen LogP contribution in [0.1, 0.15) is 51.3 Å². The lowest BCUT2D eigenvalue weighted by Crippen LogP contribution is -2.49. The standard InChI is InChI=1S/C30H29F2N5O5S/c1-16(24-11-18(14-43-24)26(33)34)36-28(40)23-12-29(41-8-9-42-29)15-37(23)25(38)13-35-27(39)17-6-7-22-20(10-17)19-4-2-3-5-21(19)30(22,31)32/h2-7,10-11,14,16,23H,8-9,12-13,15H2,1H3,(H3,33,34)(H,35,39)(H,36,40)/t16-,23+/m1/s1. The molecule has 1 spiro atoms. The highest BCUT2D eigenvalue weighted by molar-refractivity contribution is 7.10. The molecule has 6 rings (SSSR count). The van der Waals surface area contributed by atoms with Gasteiger partial charge in [-0.3, -0.25) is 19.8 Å². The Morgan fingerprint density at radius 1 is 1.09 bits per heavy atom. The Kier molecular flexibility index (Phi) is 7.27. The molecule has 13 heteroatoms.